The van der Waals surface area contributed by atoms with Crippen LogP contribution in [0.3, 0.4) is 0 Å². The van der Waals surface area contributed by atoms with Crippen molar-refractivity contribution in [2.45, 2.75) is 9.79 Å². The summed E-state index contributed by atoms with van der Waals surface area (Å²) < 4.78 is 47.8. The maximum Gasteiger partial charge on any atom is 0.206 e. The molecular formula is C26H22O6S. The molecule has 0 fully saturated rings. The zero-order chi connectivity index (χ0) is 23.3. The van der Waals surface area contributed by atoms with Crippen molar-refractivity contribution in [3.63, 3.8) is 0 Å². The maximum atomic E-state index is 13.0. The Morgan fingerprint density at radius 3 is 0.939 bits per heavy atom. The molecule has 0 atom stereocenters. The average molecular weight is 463 g/mol. The van der Waals surface area contributed by atoms with Crippen LogP contribution in [0.5, 0.6) is 34.5 Å². The minimum Gasteiger partial charge on any atom is -0.497 e. The highest BCUT2D eigenvalue weighted by Crippen LogP contribution is 2.29. The molecule has 0 heterocycles. The zero-order valence-corrected chi connectivity index (χ0v) is 18.9. The Morgan fingerprint density at radius 1 is 0.424 bits per heavy atom. The molecule has 168 valence electrons. The predicted octanol–water partition coefficient (Wildman–Crippen LogP) is 6.12. The first-order valence-corrected chi connectivity index (χ1v) is 11.6. The van der Waals surface area contributed by atoms with E-state index >= 15 is 0 Å². The summed E-state index contributed by atoms with van der Waals surface area (Å²) in [6, 6.07) is 26.8. The minimum absolute atomic E-state index is 0.174. The highest BCUT2D eigenvalue weighted by Gasteiger charge is 2.18. The Morgan fingerprint density at radius 2 is 0.667 bits per heavy atom. The molecule has 7 heteroatoms. The van der Waals surface area contributed by atoms with Gasteiger partial charge in [0.15, 0.2) is 0 Å². The predicted molar refractivity (Wildman–Crippen MR) is 124 cm³/mol. The molecule has 4 rings (SSSR count). The molecule has 4 aromatic carbocycles. The second-order valence-electron chi connectivity index (χ2n) is 7.00. The zero-order valence-electron chi connectivity index (χ0n) is 18.1. The van der Waals surface area contributed by atoms with Crippen LogP contribution in [0, 0.1) is 0 Å². The molecule has 0 bridgehead atoms. The first-order valence-electron chi connectivity index (χ1n) is 10.1. The fourth-order valence-electron chi connectivity index (χ4n) is 3.07. The van der Waals surface area contributed by atoms with Gasteiger partial charge in [0.2, 0.25) is 9.84 Å². The third-order valence-electron chi connectivity index (χ3n) is 4.86. The van der Waals surface area contributed by atoms with Gasteiger partial charge >= 0.3 is 0 Å². The lowest BCUT2D eigenvalue weighted by atomic mass is 10.3. The van der Waals surface area contributed by atoms with Crippen molar-refractivity contribution in [1.29, 1.82) is 0 Å². The molecule has 33 heavy (non-hydrogen) atoms. The molecule has 0 N–H and O–H groups in total. The standard InChI is InChI=1S/C26H22O6S/c1-29-19-3-7-21(8-4-19)31-23-11-15-25(16-12-23)33(27,28)26-17-13-24(14-18-26)32-22-9-5-20(30-2)6-10-22/h3-18H,1-2H3. The van der Waals surface area contributed by atoms with E-state index in [1.165, 1.54) is 24.3 Å². The van der Waals surface area contributed by atoms with Gasteiger partial charge in [-0.3, -0.25) is 0 Å². The molecule has 4 aromatic rings. The number of benzene rings is 4. The van der Waals surface area contributed by atoms with Gasteiger partial charge in [-0.05, 0) is 97.1 Å². The molecule has 0 saturated carbocycles. The van der Waals surface area contributed by atoms with Gasteiger partial charge in [-0.2, -0.15) is 0 Å². The highest BCUT2D eigenvalue weighted by atomic mass is 32.2. The van der Waals surface area contributed by atoms with Crippen molar-refractivity contribution in [1.82, 2.24) is 0 Å². The second kappa shape index (κ2) is 9.67. The fourth-order valence-corrected chi connectivity index (χ4v) is 4.33. The van der Waals surface area contributed by atoms with E-state index in [1.54, 1.807) is 87.0 Å². The third-order valence-corrected chi connectivity index (χ3v) is 6.64. The monoisotopic (exact) mass is 462 g/mol. The summed E-state index contributed by atoms with van der Waals surface area (Å²) in [6.45, 7) is 0. The molecular weight excluding hydrogens is 440 g/mol. The molecule has 0 amide bonds. The van der Waals surface area contributed by atoms with Gasteiger partial charge in [0, 0.05) is 0 Å². The first kappa shape index (κ1) is 22.2. The normalized spacial score (nSPS) is 11.0. The molecule has 6 nitrogen and oxygen atoms in total. The van der Waals surface area contributed by atoms with Gasteiger partial charge in [0.25, 0.3) is 0 Å². The Labute approximate surface area is 192 Å². The Bertz CT molecular complexity index is 1200. The van der Waals surface area contributed by atoms with E-state index in [-0.39, 0.29) is 9.79 Å². The molecule has 0 unspecified atom stereocenters. The summed E-state index contributed by atoms with van der Waals surface area (Å²) in [5, 5.41) is 0. The van der Waals surface area contributed by atoms with Gasteiger partial charge in [-0.15, -0.1) is 0 Å². The average Bonchev–Trinajstić information content (AvgIpc) is 2.86. The lowest BCUT2D eigenvalue weighted by molar-refractivity contribution is 0.412. The lowest BCUT2D eigenvalue weighted by Crippen LogP contribution is -2.01. The Balaban J connectivity index is 1.45. The van der Waals surface area contributed by atoms with Crippen LogP contribution in [0.25, 0.3) is 0 Å². The number of rotatable bonds is 8. The molecule has 0 saturated heterocycles. The number of methoxy groups -OCH3 is 2. The molecule has 0 aliphatic rings. The van der Waals surface area contributed by atoms with E-state index in [2.05, 4.69) is 0 Å². The molecule has 0 aliphatic heterocycles. The van der Waals surface area contributed by atoms with Crippen LogP contribution >= 0.6 is 0 Å². The third kappa shape index (κ3) is 5.27. The van der Waals surface area contributed by atoms with Crippen LogP contribution < -0.4 is 18.9 Å². The summed E-state index contributed by atoms with van der Waals surface area (Å²) >= 11 is 0. The van der Waals surface area contributed by atoms with Crippen molar-refractivity contribution in [3.8, 4) is 34.5 Å². The van der Waals surface area contributed by atoms with Crippen molar-refractivity contribution in [2.24, 2.45) is 0 Å². The van der Waals surface area contributed by atoms with Gasteiger partial charge in [-0.1, -0.05) is 0 Å². The van der Waals surface area contributed by atoms with Crippen molar-refractivity contribution in [2.75, 3.05) is 14.2 Å². The largest absolute Gasteiger partial charge is 0.497 e. The Kier molecular flexibility index (Phi) is 6.51. The summed E-state index contributed by atoms with van der Waals surface area (Å²) in [4.78, 5) is 0.349. The maximum absolute atomic E-state index is 13.0. The van der Waals surface area contributed by atoms with E-state index in [1.807, 2.05) is 0 Å². The summed E-state index contributed by atoms with van der Waals surface area (Å²) in [6.07, 6.45) is 0. The second-order valence-corrected chi connectivity index (χ2v) is 8.95. The summed E-state index contributed by atoms with van der Waals surface area (Å²) in [7, 11) is -0.493. The smallest absolute Gasteiger partial charge is 0.206 e. The van der Waals surface area contributed by atoms with Gasteiger partial charge in [0.1, 0.15) is 34.5 Å². The highest BCUT2D eigenvalue weighted by molar-refractivity contribution is 7.91. The Hall–Kier alpha value is -3.97. The topological polar surface area (TPSA) is 71.1 Å². The number of ether oxygens (including phenoxy) is 4. The summed E-state index contributed by atoms with van der Waals surface area (Å²) in [5.74, 6) is 3.76. The molecule has 0 aromatic heterocycles. The van der Waals surface area contributed by atoms with Crippen molar-refractivity contribution < 1.29 is 27.4 Å². The SMILES string of the molecule is COc1ccc(Oc2ccc(S(=O)(=O)c3ccc(Oc4ccc(OC)cc4)cc3)cc2)cc1. The van der Waals surface area contributed by atoms with Crippen LogP contribution in [-0.4, -0.2) is 22.6 Å². The van der Waals surface area contributed by atoms with E-state index in [0.717, 1.165) is 11.5 Å². The van der Waals surface area contributed by atoms with Crippen molar-refractivity contribution in [3.05, 3.63) is 97.1 Å². The lowest BCUT2D eigenvalue weighted by Gasteiger charge is -2.10. The molecule has 0 radical (unpaired) electrons. The van der Waals surface area contributed by atoms with Crippen LogP contribution in [0.15, 0.2) is 107 Å². The molecule has 0 spiro atoms. The van der Waals surface area contributed by atoms with Crippen LogP contribution in [-0.2, 0) is 9.84 Å². The van der Waals surface area contributed by atoms with E-state index in [4.69, 9.17) is 18.9 Å². The van der Waals surface area contributed by atoms with E-state index < -0.39 is 9.84 Å². The van der Waals surface area contributed by atoms with Crippen LogP contribution in [0.1, 0.15) is 0 Å². The van der Waals surface area contributed by atoms with Crippen LogP contribution in [0.4, 0.5) is 0 Å². The summed E-state index contributed by atoms with van der Waals surface area (Å²) in [5.41, 5.74) is 0. The number of sulfone groups is 1. The van der Waals surface area contributed by atoms with Gasteiger partial charge < -0.3 is 18.9 Å². The van der Waals surface area contributed by atoms with Crippen LogP contribution in [0.2, 0.25) is 0 Å². The minimum atomic E-state index is -3.68. The number of hydrogen-bond acceptors (Lipinski definition) is 6. The van der Waals surface area contributed by atoms with Crippen molar-refractivity contribution >= 4 is 9.84 Å². The molecule has 0 aliphatic carbocycles. The quantitative estimate of drug-likeness (QED) is 0.314. The van der Waals surface area contributed by atoms with E-state index in [0.29, 0.717) is 23.0 Å². The fraction of sp³-hybridized carbons (Fsp3) is 0.0769. The van der Waals surface area contributed by atoms with Gasteiger partial charge in [-0.25, -0.2) is 8.42 Å². The number of hydrogen-bond donors (Lipinski definition) is 0. The van der Waals surface area contributed by atoms with E-state index in [9.17, 15) is 8.42 Å². The van der Waals surface area contributed by atoms with Gasteiger partial charge in [0.05, 0.1) is 24.0 Å². The first-order chi connectivity index (χ1) is 16.0.